The van der Waals surface area contributed by atoms with E-state index in [4.69, 9.17) is 20.3 Å². The molecule has 2 nitrogen and oxygen atoms in total. The normalized spacial score (nSPS) is 25.4. The molecule has 1 aliphatic heterocycles. The summed E-state index contributed by atoms with van der Waals surface area (Å²) < 4.78 is 10.6. The highest BCUT2D eigenvalue weighted by molar-refractivity contribution is 7.76. The van der Waals surface area contributed by atoms with Crippen molar-refractivity contribution in [1.82, 2.24) is 0 Å². The van der Waals surface area contributed by atoms with Crippen molar-refractivity contribution in [2.24, 2.45) is 5.41 Å². The quantitative estimate of drug-likeness (QED) is 0.631. The van der Waals surface area contributed by atoms with Gasteiger partial charge in [-0.25, -0.2) is 0 Å². The standard InChI is InChI=1S/C7H14ClO2P/c1-3-7(4-2)5-9-11(8)10-6-7/h3-6H2,1-2H3. The second-order valence-corrected chi connectivity index (χ2v) is 4.74. The highest BCUT2D eigenvalue weighted by atomic mass is 35.7. The van der Waals surface area contributed by atoms with Gasteiger partial charge in [0.1, 0.15) is 0 Å². The van der Waals surface area contributed by atoms with E-state index in [1.807, 2.05) is 0 Å². The summed E-state index contributed by atoms with van der Waals surface area (Å²) in [6.45, 7) is 5.85. The largest absolute Gasteiger partial charge is 0.321 e. The zero-order chi connectivity index (χ0) is 8.32. The van der Waals surface area contributed by atoms with Crippen molar-refractivity contribution in [2.75, 3.05) is 13.2 Å². The van der Waals surface area contributed by atoms with Crippen LogP contribution in [0.3, 0.4) is 0 Å². The molecular formula is C7H14ClO2P. The van der Waals surface area contributed by atoms with Gasteiger partial charge >= 0.3 is 0 Å². The summed E-state index contributed by atoms with van der Waals surface area (Å²) in [5.74, 6) is 0. The van der Waals surface area contributed by atoms with Gasteiger partial charge in [-0.3, -0.25) is 0 Å². The van der Waals surface area contributed by atoms with Gasteiger partial charge in [0.15, 0.2) is 0 Å². The number of rotatable bonds is 2. The first-order valence-corrected chi connectivity index (χ1v) is 6.02. The maximum Gasteiger partial charge on any atom is 0.276 e. The highest BCUT2D eigenvalue weighted by Gasteiger charge is 2.33. The Labute approximate surface area is 73.9 Å². The van der Waals surface area contributed by atoms with Crippen LogP contribution in [0.2, 0.25) is 0 Å². The first-order valence-electron chi connectivity index (χ1n) is 3.94. The Hall–Kier alpha value is 0.640. The average Bonchev–Trinajstić information content (AvgIpc) is 2.07. The minimum Gasteiger partial charge on any atom is -0.321 e. The smallest absolute Gasteiger partial charge is 0.276 e. The molecule has 1 rings (SSSR count). The molecule has 0 aliphatic carbocycles. The molecular weight excluding hydrogens is 183 g/mol. The second-order valence-electron chi connectivity index (χ2n) is 2.97. The van der Waals surface area contributed by atoms with Crippen LogP contribution in [-0.4, -0.2) is 13.2 Å². The maximum absolute atomic E-state index is 5.68. The van der Waals surface area contributed by atoms with Gasteiger partial charge in [-0.05, 0) is 24.1 Å². The molecule has 0 atom stereocenters. The summed E-state index contributed by atoms with van der Waals surface area (Å²) in [7, 11) is -1.09. The van der Waals surface area contributed by atoms with E-state index >= 15 is 0 Å². The van der Waals surface area contributed by atoms with Gasteiger partial charge in [-0.15, -0.1) is 0 Å². The predicted octanol–water partition coefficient (Wildman–Crippen LogP) is 3.31. The molecule has 0 saturated carbocycles. The van der Waals surface area contributed by atoms with Gasteiger partial charge in [-0.2, -0.15) is 0 Å². The molecule has 0 unspecified atom stereocenters. The Bertz CT molecular complexity index is 118. The van der Waals surface area contributed by atoms with E-state index in [-0.39, 0.29) is 5.41 Å². The van der Waals surface area contributed by atoms with Crippen LogP contribution >= 0.6 is 19.0 Å². The Morgan fingerprint density at radius 3 is 2.09 bits per heavy atom. The van der Waals surface area contributed by atoms with E-state index in [1.54, 1.807) is 0 Å². The van der Waals surface area contributed by atoms with Crippen LogP contribution in [0.15, 0.2) is 0 Å². The molecule has 4 heteroatoms. The van der Waals surface area contributed by atoms with E-state index in [9.17, 15) is 0 Å². The lowest BCUT2D eigenvalue weighted by atomic mass is 9.84. The molecule has 0 aromatic carbocycles. The SMILES string of the molecule is CCC1(CC)COP(Cl)OC1. The first kappa shape index (κ1) is 9.73. The molecule has 0 N–H and O–H groups in total. The van der Waals surface area contributed by atoms with Gasteiger partial charge in [0.05, 0.1) is 13.2 Å². The van der Waals surface area contributed by atoms with E-state index in [2.05, 4.69) is 13.8 Å². The van der Waals surface area contributed by atoms with Crippen molar-refractivity contribution in [3.63, 3.8) is 0 Å². The lowest BCUT2D eigenvalue weighted by molar-refractivity contribution is 0.0334. The van der Waals surface area contributed by atoms with Crippen LogP contribution in [0.1, 0.15) is 26.7 Å². The van der Waals surface area contributed by atoms with Crippen molar-refractivity contribution in [1.29, 1.82) is 0 Å². The van der Waals surface area contributed by atoms with Gasteiger partial charge < -0.3 is 9.05 Å². The van der Waals surface area contributed by atoms with E-state index in [0.29, 0.717) is 0 Å². The van der Waals surface area contributed by atoms with Gasteiger partial charge in [0.2, 0.25) is 0 Å². The van der Waals surface area contributed by atoms with Crippen LogP contribution in [-0.2, 0) is 9.05 Å². The van der Waals surface area contributed by atoms with Crippen molar-refractivity contribution < 1.29 is 9.05 Å². The summed E-state index contributed by atoms with van der Waals surface area (Å²) in [4.78, 5) is 0. The van der Waals surface area contributed by atoms with E-state index in [1.165, 1.54) is 0 Å². The van der Waals surface area contributed by atoms with Crippen LogP contribution in [0.25, 0.3) is 0 Å². The monoisotopic (exact) mass is 196 g/mol. The van der Waals surface area contributed by atoms with Crippen LogP contribution in [0.4, 0.5) is 0 Å². The van der Waals surface area contributed by atoms with Crippen molar-refractivity contribution >= 4 is 19.0 Å². The van der Waals surface area contributed by atoms with Gasteiger partial charge in [0.25, 0.3) is 7.73 Å². The maximum atomic E-state index is 5.68. The van der Waals surface area contributed by atoms with E-state index < -0.39 is 7.73 Å². The van der Waals surface area contributed by atoms with Crippen LogP contribution in [0, 0.1) is 5.41 Å². The van der Waals surface area contributed by atoms with Crippen molar-refractivity contribution in [2.45, 2.75) is 26.7 Å². The minimum absolute atomic E-state index is 0.230. The summed E-state index contributed by atoms with van der Waals surface area (Å²) in [6, 6.07) is 0. The molecule has 0 spiro atoms. The molecule has 0 bridgehead atoms. The third-order valence-corrected chi connectivity index (χ3v) is 3.69. The van der Waals surface area contributed by atoms with Crippen LogP contribution in [0.5, 0.6) is 0 Å². The fourth-order valence-electron chi connectivity index (χ4n) is 1.11. The second kappa shape index (κ2) is 4.04. The minimum atomic E-state index is -1.09. The highest BCUT2D eigenvalue weighted by Crippen LogP contribution is 2.51. The fraction of sp³-hybridized carbons (Fsp3) is 1.00. The Balaban J connectivity index is 2.45. The first-order chi connectivity index (χ1) is 5.22. The molecule has 1 saturated heterocycles. The Morgan fingerprint density at radius 2 is 1.73 bits per heavy atom. The summed E-state index contributed by atoms with van der Waals surface area (Å²) in [5.41, 5.74) is 0.230. The topological polar surface area (TPSA) is 18.5 Å². The average molecular weight is 197 g/mol. The van der Waals surface area contributed by atoms with Crippen molar-refractivity contribution in [3.05, 3.63) is 0 Å². The Morgan fingerprint density at radius 1 is 1.27 bits per heavy atom. The molecule has 1 heterocycles. The summed E-state index contributed by atoms with van der Waals surface area (Å²) >= 11 is 5.68. The molecule has 0 aromatic rings. The number of hydrogen-bond donors (Lipinski definition) is 0. The molecule has 11 heavy (non-hydrogen) atoms. The summed E-state index contributed by atoms with van der Waals surface area (Å²) in [5, 5.41) is 0. The zero-order valence-corrected chi connectivity index (χ0v) is 8.62. The molecule has 0 aromatic heterocycles. The van der Waals surface area contributed by atoms with Crippen LogP contribution < -0.4 is 0 Å². The Kier molecular flexibility index (Phi) is 3.57. The fourth-order valence-corrected chi connectivity index (χ4v) is 2.23. The molecule has 0 radical (unpaired) electrons. The summed E-state index contributed by atoms with van der Waals surface area (Å²) in [6.07, 6.45) is 2.20. The van der Waals surface area contributed by atoms with Gasteiger partial charge in [-0.1, -0.05) is 13.8 Å². The number of hydrogen-bond acceptors (Lipinski definition) is 2. The molecule has 1 aliphatic rings. The lowest BCUT2D eigenvalue weighted by Gasteiger charge is -2.35. The molecule has 1 fully saturated rings. The molecule has 66 valence electrons. The number of halogens is 1. The van der Waals surface area contributed by atoms with Crippen molar-refractivity contribution in [3.8, 4) is 0 Å². The third kappa shape index (κ3) is 2.29. The predicted molar refractivity (Wildman–Crippen MR) is 47.7 cm³/mol. The lowest BCUT2D eigenvalue weighted by Crippen LogP contribution is -2.32. The molecule has 0 amide bonds. The van der Waals surface area contributed by atoms with Gasteiger partial charge in [0, 0.05) is 5.41 Å². The zero-order valence-electron chi connectivity index (χ0n) is 6.97. The van der Waals surface area contributed by atoms with E-state index in [0.717, 1.165) is 26.1 Å². The third-order valence-electron chi connectivity index (χ3n) is 2.44.